The van der Waals surface area contributed by atoms with Gasteiger partial charge in [-0.05, 0) is 12.8 Å². The number of carboxylic acids is 1. The Hall–Kier alpha value is -1.94. The summed E-state index contributed by atoms with van der Waals surface area (Å²) in [6.45, 7) is -0.0408. The highest BCUT2D eigenvalue weighted by Gasteiger charge is 2.34. The van der Waals surface area contributed by atoms with E-state index in [1.54, 1.807) is 0 Å². The Bertz CT molecular complexity index is 734. The zero-order valence-corrected chi connectivity index (χ0v) is 11.1. The SMILES string of the molecule is O=C(O)[C@H]1CCCN(S(=O)(=O)c2c[nH]c(=O)[nH]c2=O)C1. The van der Waals surface area contributed by atoms with Crippen LogP contribution in [-0.2, 0) is 14.8 Å². The highest BCUT2D eigenvalue weighted by Crippen LogP contribution is 2.21. The summed E-state index contributed by atoms with van der Waals surface area (Å²) in [6.07, 6.45) is 1.61. The number of carbonyl (C=O) groups is 1. The van der Waals surface area contributed by atoms with Gasteiger partial charge in [0.1, 0.15) is 0 Å². The van der Waals surface area contributed by atoms with E-state index in [1.807, 2.05) is 4.98 Å². The number of hydrogen-bond acceptors (Lipinski definition) is 5. The van der Waals surface area contributed by atoms with Crippen molar-refractivity contribution >= 4 is 16.0 Å². The molecule has 2 heterocycles. The van der Waals surface area contributed by atoms with Crippen molar-refractivity contribution in [1.29, 1.82) is 0 Å². The van der Waals surface area contributed by atoms with Gasteiger partial charge in [-0.2, -0.15) is 4.31 Å². The maximum absolute atomic E-state index is 12.3. The summed E-state index contributed by atoms with van der Waals surface area (Å²) in [6, 6.07) is 0. The Balaban J connectivity index is 2.37. The average Bonchev–Trinajstić information content (AvgIpc) is 2.38. The molecule has 1 aromatic rings. The zero-order valence-electron chi connectivity index (χ0n) is 10.3. The first-order valence-electron chi connectivity index (χ1n) is 5.87. The molecule has 110 valence electrons. The lowest BCUT2D eigenvalue weighted by molar-refractivity contribution is -0.142. The fourth-order valence-corrected chi connectivity index (χ4v) is 3.61. The van der Waals surface area contributed by atoms with Gasteiger partial charge in [0.05, 0.1) is 5.92 Å². The van der Waals surface area contributed by atoms with Crippen LogP contribution in [0, 0.1) is 5.92 Å². The molecule has 1 saturated heterocycles. The lowest BCUT2D eigenvalue weighted by Crippen LogP contribution is -2.44. The van der Waals surface area contributed by atoms with Gasteiger partial charge in [0.15, 0.2) is 4.90 Å². The van der Waals surface area contributed by atoms with E-state index < -0.39 is 38.1 Å². The third-order valence-electron chi connectivity index (χ3n) is 3.14. The van der Waals surface area contributed by atoms with E-state index in [0.717, 1.165) is 10.5 Å². The summed E-state index contributed by atoms with van der Waals surface area (Å²) in [4.78, 5) is 36.7. The van der Waals surface area contributed by atoms with Crippen molar-refractivity contribution in [2.24, 2.45) is 5.92 Å². The van der Waals surface area contributed by atoms with Crippen LogP contribution in [0.3, 0.4) is 0 Å². The topological polar surface area (TPSA) is 140 Å². The minimum absolute atomic E-state index is 0.144. The minimum atomic E-state index is -4.12. The number of hydrogen-bond donors (Lipinski definition) is 3. The number of sulfonamides is 1. The monoisotopic (exact) mass is 303 g/mol. The first kappa shape index (κ1) is 14.5. The van der Waals surface area contributed by atoms with Crippen LogP contribution in [0.4, 0.5) is 0 Å². The number of rotatable bonds is 3. The largest absolute Gasteiger partial charge is 0.481 e. The fraction of sp³-hybridized carbons (Fsp3) is 0.500. The number of aromatic nitrogens is 2. The summed E-state index contributed by atoms with van der Waals surface area (Å²) >= 11 is 0. The second-order valence-electron chi connectivity index (χ2n) is 4.48. The smallest absolute Gasteiger partial charge is 0.325 e. The van der Waals surface area contributed by atoms with E-state index >= 15 is 0 Å². The number of nitrogens with one attached hydrogen (secondary N) is 2. The van der Waals surface area contributed by atoms with Crippen LogP contribution in [0.25, 0.3) is 0 Å². The number of carboxylic acid groups (broad SMARTS) is 1. The van der Waals surface area contributed by atoms with Gasteiger partial charge in [-0.1, -0.05) is 0 Å². The molecule has 1 aromatic heterocycles. The Morgan fingerprint density at radius 2 is 2.10 bits per heavy atom. The number of H-pyrrole nitrogens is 2. The van der Waals surface area contributed by atoms with Crippen LogP contribution in [-0.4, -0.2) is 46.9 Å². The van der Waals surface area contributed by atoms with Gasteiger partial charge in [0.25, 0.3) is 5.56 Å². The van der Waals surface area contributed by atoms with Crippen molar-refractivity contribution in [3.63, 3.8) is 0 Å². The standard InChI is InChI=1S/C10H13N3O6S/c14-8-7(4-11-10(17)12-8)20(18,19)13-3-1-2-6(5-13)9(15)16/h4,6H,1-3,5H2,(H,15,16)(H2,11,12,14,17)/t6-/m0/s1. The Morgan fingerprint density at radius 1 is 1.40 bits per heavy atom. The van der Waals surface area contributed by atoms with E-state index in [-0.39, 0.29) is 13.1 Å². The molecule has 1 atom stereocenters. The molecule has 0 unspecified atom stereocenters. The summed E-state index contributed by atoms with van der Waals surface area (Å²) in [7, 11) is -4.12. The molecule has 0 aromatic carbocycles. The molecule has 10 heteroatoms. The summed E-state index contributed by atoms with van der Waals surface area (Å²) in [5, 5.41) is 8.95. The second-order valence-corrected chi connectivity index (χ2v) is 6.38. The zero-order chi connectivity index (χ0) is 14.9. The maximum Gasteiger partial charge on any atom is 0.325 e. The van der Waals surface area contributed by atoms with Crippen molar-refractivity contribution in [2.75, 3.05) is 13.1 Å². The van der Waals surface area contributed by atoms with Crippen molar-refractivity contribution in [2.45, 2.75) is 17.7 Å². The second kappa shape index (κ2) is 5.21. The van der Waals surface area contributed by atoms with Crippen LogP contribution in [0.2, 0.25) is 0 Å². The molecule has 1 fully saturated rings. The molecule has 0 bridgehead atoms. The van der Waals surface area contributed by atoms with Gasteiger partial charge in [-0.25, -0.2) is 13.2 Å². The molecule has 1 aliphatic heterocycles. The van der Waals surface area contributed by atoms with E-state index in [2.05, 4.69) is 4.98 Å². The summed E-state index contributed by atoms with van der Waals surface area (Å²) in [5.74, 6) is -1.86. The molecule has 2 rings (SSSR count). The third kappa shape index (κ3) is 2.65. The number of aromatic amines is 2. The molecule has 20 heavy (non-hydrogen) atoms. The molecule has 0 radical (unpaired) electrons. The van der Waals surface area contributed by atoms with Crippen LogP contribution in [0.5, 0.6) is 0 Å². The van der Waals surface area contributed by atoms with Gasteiger partial charge in [-0.15, -0.1) is 0 Å². The van der Waals surface area contributed by atoms with E-state index in [9.17, 15) is 22.8 Å². The van der Waals surface area contributed by atoms with Crippen molar-refractivity contribution in [3.8, 4) is 0 Å². The summed E-state index contributed by atoms with van der Waals surface area (Å²) in [5.41, 5.74) is -1.83. The van der Waals surface area contributed by atoms with Crippen LogP contribution in [0.1, 0.15) is 12.8 Å². The molecule has 0 aliphatic carbocycles. The maximum atomic E-state index is 12.3. The Labute approximate surface area is 113 Å². The number of aliphatic carboxylic acids is 1. The lowest BCUT2D eigenvalue weighted by atomic mass is 10.0. The molecule has 3 N–H and O–H groups in total. The van der Waals surface area contributed by atoms with Crippen molar-refractivity contribution in [1.82, 2.24) is 14.3 Å². The van der Waals surface area contributed by atoms with Gasteiger partial charge >= 0.3 is 11.7 Å². The molecular weight excluding hydrogens is 290 g/mol. The van der Waals surface area contributed by atoms with Crippen molar-refractivity contribution < 1.29 is 18.3 Å². The van der Waals surface area contributed by atoms with E-state index in [0.29, 0.717) is 12.8 Å². The highest BCUT2D eigenvalue weighted by molar-refractivity contribution is 7.89. The van der Waals surface area contributed by atoms with Gasteiger partial charge in [0, 0.05) is 19.3 Å². The number of piperidine rings is 1. The first-order chi connectivity index (χ1) is 9.32. The molecule has 1 aliphatic rings. The molecular formula is C10H13N3O6S. The summed E-state index contributed by atoms with van der Waals surface area (Å²) < 4.78 is 25.5. The normalized spacial score (nSPS) is 20.7. The minimum Gasteiger partial charge on any atom is -0.481 e. The highest BCUT2D eigenvalue weighted by atomic mass is 32.2. The van der Waals surface area contributed by atoms with Crippen molar-refractivity contribution in [3.05, 3.63) is 27.0 Å². The lowest BCUT2D eigenvalue weighted by Gasteiger charge is -2.29. The third-order valence-corrected chi connectivity index (χ3v) is 5.01. The molecule has 0 amide bonds. The van der Waals surface area contributed by atoms with E-state index in [4.69, 9.17) is 5.11 Å². The van der Waals surface area contributed by atoms with E-state index in [1.165, 1.54) is 0 Å². The predicted octanol–water partition coefficient (Wildman–Crippen LogP) is -1.45. The van der Waals surface area contributed by atoms with Gasteiger partial charge in [-0.3, -0.25) is 14.6 Å². The molecule has 0 spiro atoms. The number of nitrogens with zero attached hydrogens (tertiary/aromatic N) is 1. The molecule has 9 nitrogen and oxygen atoms in total. The van der Waals surface area contributed by atoms with Crippen LogP contribution >= 0.6 is 0 Å². The predicted molar refractivity (Wildman–Crippen MR) is 66.8 cm³/mol. The quantitative estimate of drug-likeness (QED) is 0.624. The van der Waals surface area contributed by atoms with Gasteiger partial charge < -0.3 is 10.1 Å². The van der Waals surface area contributed by atoms with Crippen LogP contribution in [0.15, 0.2) is 20.7 Å². The Kier molecular flexibility index (Phi) is 3.77. The average molecular weight is 303 g/mol. The van der Waals surface area contributed by atoms with Gasteiger partial charge in [0.2, 0.25) is 10.0 Å². The Morgan fingerprint density at radius 3 is 2.70 bits per heavy atom. The fourth-order valence-electron chi connectivity index (χ4n) is 2.09. The first-order valence-corrected chi connectivity index (χ1v) is 7.31. The van der Waals surface area contributed by atoms with Crippen LogP contribution < -0.4 is 11.2 Å². The molecule has 0 saturated carbocycles.